The van der Waals surface area contributed by atoms with Crippen LogP contribution in [-0.2, 0) is 17.5 Å². The Hall–Kier alpha value is -13.0. The summed E-state index contributed by atoms with van der Waals surface area (Å²) in [5.41, 5.74) is 42.7. The second kappa shape index (κ2) is 37.5. The molecule has 16 aromatic carbocycles. The molecular formula is C107H83BBrCuIN7O3. The molecule has 2 aliphatic rings. The number of anilines is 8. The summed E-state index contributed by atoms with van der Waals surface area (Å²) < 4.78 is 8.33. The van der Waals surface area contributed by atoms with Crippen molar-refractivity contribution in [3.63, 3.8) is 0 Å². The average Bonchev–Trinajstić information content (AvgIpc) is 1.61. The van der Waals surface area contributed by atoms with Gasteiger partial charge >= 0.3 is 40.2 Å². The van der Waals surface area contributed by atoms with Crippen molar-refractivity contribution in [1.29, 1.82) is 0 Å². The van der Waals surface area contributed by atoms with Crippen molar-refractivity contribution in [2.75, 3.05) is 34.5 Å². The van der Waals surface area contributed by atoms with Crippen LogP contribution < -0.4 is 26.7 Å². The number of benzene rings is 16. The Morgan fingerprint density at radius 2 is 0.810 bits per heavy atom. The van der Waals surface area contributed by atoms with E-state index in [1.807, 2.05) is 104 Å². The third-order valence-electron chi connectivity index (χ3n) is 22.4. The zero-order chi connectivity index (χ0) is 82.5. The Morgan fingerprint density at radius 1 is 0.355 bits per heavy atom. The van der Waals surface area contributed by atoms with Crippen molar-refractivity contribution < 1.29 is 27.5 Å². The van der Waals surface area contributed by atoms with Gasteiger partial charge < -0.3 is 40.6 Å². The molecule has 592 valence electrons. The fourth-order valence-electron chi connectivity index (χ4n) is 16.9. The molecule has 1 fully saturated rings. The quantitative estimate of drug-likeness (QED) is 0.0476. The standard InChI is InChI=1S/C51H36N4.C29H20BrN.C23H19BN2O2.C4H8O.Cu.HI/c52-48-28-27-43(38-26-29-50-47(33-38)45-22-7-8-25-49(45)55(50)40-18-5-2-6-19-40)46-24-11-23-44(51(46)48)37-15-9-13-35(31-37)36-14-10-20-41(32-36)54(39-16-3-1-4-17-39)42-21-12-30-53-34-42;30-26-12-6-11-22-20(15-16-27(31)29(22)26)19-13-14-24-25(17-19)21-9-4-5-10-23(21)28(24)18-7-2-1-3-8-18;27-24(28)20-9-4-7-18(15-20)19-8-5-12-22(16-19)26(21-10-2-1-3-11-21)23-13-6-14-25-17-23;1-2-4-5-3-1;;/h1-34H,52H2;1-17,28H,31H2;1-17,27-28H;1-4H2;;1H/q;;;;+1;/p-1. The van der Waals surface area contributed by atoms with Crippen LogP contribution in [0.4, 0.5) is 45.5 Å². The number of nitrogens with zero attached hydrogens (tertiary/aromatic N) is 5. The third kappa shape index (κ3) is 17.2. The number of fused-ring (bicyclic) bond motifs is 8. The minimum atomic E-state index is -1.49. The Morgan fingerprint density at radius 3 is 1.42 bits per heavy atom. The van der Waals surface area contributed by atoms with Crippen LogP contribution in [-0.4, -0.2) is 44.9 Å². The van der Waals surface area contributed by atoms with E-state index in [1.165, 1.54) is 79.0 Å². The fourth-order valence-corrected chi connectivity index (χ4v) is 17.5. The van der Waals surface area contributed by atoms with Crippen LogP contribution in [0.25, 0.3) is 116 Å². The van der Waals surface area contributed by atoms with Gasteiger partial charge in [0.2, 0.25) is 0 Å². The number of rotatable bonds is 14. The van der Waals surface area contributed by atoms with Gasteiger partial charge in [0.15, 0.2) is 0 Å². The van der Waals surface area contributed by atoms with E-state index in [2.05, 4.69) is 344 Å². The predicted molar refractivity (Wildman–Crippen MR) is 514 cm³/mol. The maximum atomic E-state index is 9.48. The van der Waals surface area contributed by atoms with E-state index in [0.29, 0.717) is 5.46 Å². The minimum absolute atomic E-state index is 0.277. The maximum absolute atomic E-state index is 9.48. The van der Waals surface area contributed by atoms with Crippen molar-refractivity contribution in [2.45, 2.75) is 18.8 Å². The summed E-state index contributed by atoms with van der Waals surface area (Å²) in [6.07, 6.45) is 9.86. The molecule has 0 bridgehead atoms. The van der Waals surface area contributed by atoms with Crippen molar-refractivity contribution in [3.05, 3.63) is 434 Å². The SMILES string of the molecule is C1CCOC1.Nc1ccc(-c2ccc3c(c2)-c2ccccc2C3c2ccccc2)c2cccc(Br)c12.Nc1ccc(-c2ccc3c(c2)c2ccccc2n3-c2ccccc2)c2cccc(-c3cccc(-c4cccc(N(c5ccccc5)c5cccnc5)c4)c3)c12.OB(O)c1cccc(-c2cccc(N(c3ccccc3)c3cccnc3)c2)c1.[Cu][I]. The van der Waals surface area contributed by atoms with Gasteiger partial charge in [0, 0.05) is 97.4 Å². The van der Waals surface area contributed by atoms with E-state index >= 15 is 0 Å². The molecule has 1 atom stereocenters. The van der Waals surface area contributed by atoms with Gasteiger partial charge in [-0.15, -0.1) is 0 Å². The predicted octanol–water partition coefficient (Wildman–Crippen LogP) is 27.0. The molecular weight excluding hydrogens is 1710 g/mol. The first kappa shape index (κ1) is 80.4. The summed E-state index contributed by atoms with van der Waals surface area (Å²) >= 11 is 9.55. The van der Waals surface area contributed by atoms with E-state index in [4.69, 9.17) is 16.2 Å². The Kier molecular flexibility index (Phi) is 24.9. The van der Waals surface area contributed by atoms with E-state index < -0.39 is 7.12 Å². The number of nitrogens with two attached hydrogens (primary N) is 2. The van der Waals surface area contributed by atoms with Crippen LogP contribution >= 0.6 is 36.3 Å². The van der Waals surface area contributed by atoms with Crippen molar-refractivity contribution in [1.82, 2.24) is 14.5 Å². The van der Waals surface area contributed by atoms with Gasteiger partial charge in [0.05, 0.1) is 34.8 Å². The molecule has 121 heavy (non-hydrogen) atoms. The number of nitrogen functional groups attached to an aromatic ring is 2. The molecule has 14 heteroatoms. The van der Waals surface area contributed by atoms with E-state index in [-0.39, 0.29) is 5.92 Å². The van der Waals surface area contributed by atoms with Crippen molar-refractivity contribution in [3.8, 4) is 72.4 Å². The summed E-state index contributed by atoms with van der Waals surface area (Å²) in [4.78, 5) is 13.1. The third-order valence-corrected chi connectivity index (χ3v) is 23.0. The molecule has 4 heterocycles. The number of para-hydroxylation sites is 4. The summed E-state index contributed by atoms with van der Waals surface area (Å²) in [5, 5.41) is 25.8. The van der Waals surface area contributed by atoms with Crippen LogP contribution in [0.1, 0.15) is 35.4 Å². The number of halogens is 2. The summed E-state index contributed by atoms with van der Waals surface area (Å²) in [6, 6.07) is 135. The number of ether oxygens (including phenoxy) is 1. The molecule has 1 aliphatic carbocycles. The molecule has 0 spiro atoms. The first-order chi connectivity index (χ1) is 59.6. The number of pyridine rings is 2. The molecule has 1 aliphatic heterocycles. The van der Waals surface area contributed by atoms with Crippen LogP contribution in [0.2, 0.25) is 0 Å². The summed E-state index contributed by atoms with van der Waals surface area (Å²) in [5.74, 6) is 0.277. The van der Waals surface area contributed by atoms with Crippen LogP contribution in [0.15, 0.2) is 418 Å². The van der Waals surface area contributed by atoms with Crippen LogP contribution in [0.5, 0.6) is 0 Å². The molecule has 19 aromatic rings. The summed E-state index contributed by atoms with van der Waals surface area (Å²) in [6.45, 7) is 2.00. The molecule has 1 saturated heterocycles. The van der Waals surface area contributed by atoms with Gasteiger partial charge in [-0.3, -0.25) is 9.97 Å². The van der Waals surface area contributed by atoms with Gasteiger partial charge in [-0.2, -0.15) is 0 Å². The Balaban J connectivity index is 0.000000134. The van der Waals surface area contributed by atoms with E-state index in [9.17, 15) is 10.0 Å². The van der Waals surface area contributed by atoms with Crippen LogP contribution in [0, 0.1) is 0 Å². The Bertz CT molecular complexity index is 6740. The normalized spacial score (nSPS) is 12.3. The fraction of sp³-hybridized carbons (Fsp3) is 0.0467. The first-order valence-electron chi connectivity index (χ1n) is 40.3. The van der Waals surface area contributed by atoms with Crippen LogP contribution in [0.3, 0.4) is 0 Å². The van der Waals surface area contributed by atoms with Gasteiger partial charge in [-0.1, -0.05) is 271 Å². The van der Waals surface area contributed by atoms with E-state index in [1.54, 1.807) is 38.7 Å². The average molecular weight is 1800 g/mol. The molecule has 0 radical (unpaired) electrons. The second-order valence-corrected chi connectivity index (χ2v) is 30.6. The van der Waals surface area contributed by atoms with Gasteiger partial charge in [0.1, 0.15) is 0 Å². The summed E-state index contributed by atoms with van der Waals surface area (Å²) in [7, 11) is -1.49. The van der Waals surface area contributed by atoms with Gasteiger partial charge in [-0.25, -0.2) is 0 Å². The number of hydrogen-bond acceptors (Lipinski definition) is 9. The first-order valence-corrected chi connectivity index (χ1v) is 44.1. The topological polar surface area (TPSA) is 139 Å². The molecule has 21 rings (SSSR count). The number of aromatic nitrogens is 3. The molecule has 0 saturated carbocycles. The second-order valence-electron chi connectivity index (χ2n) is 29.7. The van der Waals surface area contributed by atoms with E-state index in [0.717, 1.165) is 130 Å². The molecule has 6 N–H and O–H groups in total. The van der Waals surface area contributed by atoms with Crippen molar-refractivity contribution >= 4 is 138 Å². The monoisotopic (exact) mass is 1790 g/mol. The molecule has 10 nitrogen and oxygen atoms in total. The Labute approximate surface area is 733 Å². The zero-order valence-corrected chi connectivity index (χ0v) is 70.7. The van der Waals surface area contributed by atoms with Gasteiger partial charge in [0.25, 0.3) is 0 Å². The molecule has 0 amide bonds. The molecule has 1 unspecified atom stereocenters. The van der Waals surface area contributed by atoms with Crippen molar-refractivity contribution in [2.24, 2.45) is 0 Å². The number of hydrogen-bond donors (Lipinski definition) is 4. The zero-order valence-electron chi connectivity index (χ0n) is 66.0. The van der Waals surface area contributed by atoms with Gasteiger partial charge in [-0.05, 0) is 246 Å². The molecule has 3 aromatic heterocycles.